The van der Waals surface area contributed by atoms with Gasteiger partial charge in [0.25, 0.3) is 0 Å². The molecule has 0 amide bonds. The lowest BCUT2D eigenvalue weighted by molar-refractivity contribution is 0.305. The number of allylic oxidation sites excluding steroid dienone is 2. The molecule has 1 aliphatic carbocycles. The molecule has 2 aromatic rings. The van der Waals surface area contributed by atoms with Gasteiger partial charge >= 0.3 is 0 Å². The summed E-state index contributed by atoms with van der Waals surface area (Å²) in [5.41, 5.74) is 4.80. The normalized spacial score (nSPS) is 14.1. The third-order valence-corrected chi connectivity index (χ3v) is 3.83. The van der Waals surface area contributed by atoms with Crippen molar-refractivity contribution in [2.75, 3.05) is 0 Å². The van der Waals surface area contributed by atoms with Gasteiger partial charge < -0.3 is 4.74 Å². The van der Waals surface area contributed by atoms with E-state index in [4.69, 9.17) is 4.74 Å². The predicted octanol–water partition coefficient (Wildman–Crippen LogP) is 5.28. The molecule has 0 N–H and O–H groups in total. The van der Waals surface area contributed by atoms with E-state index in [1.54, 1.807) is 12.1 Å². The smallest absolute Gasteiger partial charge is 0.127 e. The van der Waals surface area contributed by atoms with Gasteiger partial charge in [-0.1, -0.05) is 29.8 Å². The van der Waals surface area contributed by atoms with E-state index in [1.807, 2.05) is 6.07 Å². The maximum absolute atomic E-state index is 12.9. The molecule has 0 heterocycles. The molecule has 0 radical (unpaired) electrons. The molecule has 0 fully saturated rings. The summed E-state index contributed by atoms with van der Waals surface area (Å²) in [5, 5.41) is 0. The Morgan fingerprint density at radius 1 is 1.10 bits per heavy atom. The van der Waals surface area contributed by atoms with Crippen LogP contribution in [0.4, 0.5) is 4.39 Å². The molecule has 108 valence electrons. The summed E-state index contributed by atoms with van der Waals surface area (Å²) >= 11 is 0. The second-order valence-corrected chi connectivity index (χ2v) is 5.54. The van der Waals surface area contributed by atoms with E-state index in [1.165, 1.54) is 35.3 Å². The third-order valence-electron chi connectivity index (χ3n) is 3.83. The predicted molar refractivity (Wildman–Crippen MR) is 83.7 cm³/mol. The number of rotatable bonds is 4. The monoisotopic (exact) mass is 282 g/mol. The van der Waals surface area contributed by atoms with Crippen molar-refractivity contribution >= 4 is 5.57 Å². The lowest BCUT2D eigenvalue weighted by atomic mass is 10.0. The van der Waals surface area contributed by atoms with Crippen LogP contribution >= 0.6 is 0 Å². The Morgan fingerprint density at radius 3 is 2.62 bits per heavy atom. The number of aryl methyl sites for hydroxylation is 1. The first kappa shape index (κ1) is 13.9. The van der Waals surface area contributed by atoms with E-state index in [2.05, 4.69) is 25.1 Å². The zero-order valence-electron chi connectivity index (χ0n) is 12.2. The van der Waals surface area contributed by atoms with Crippen molar-refractivity contribution in [2.24, 2.45) is 0 Å². The molecule has 0 aliphatic heterocycles. The number of hydrogen-bond donors (Lipinski definition) is 0. The van der Waals surface area contributed by atoms with Crippen LogP contribution in [0.25, 0.3) is 5.57 Å². The molecular weight excluding hydrogens is 263 g/mol. The minimum absolute atomic E-state index is 0.217. The third kappa shape index (κ3) is 3.33. The molecule has 0 saturated heterocycles. The van der Waals surface area contributed by atoms with E-state index in [9.17, 15) is 4.39 Å². The Kier molecular flexibility index (Phi) is 4.05. The average Bonchev–Trinajstić information content (AvgIpc) is 3.02. The minimum atomic E-state index is -0.217. The zero-order chi connectivity index (χ0) is 14.7. The Morgan fingerprint density at radius 2 is 1.90 bits per heavy atom. The molecule has 2 heteroatoms. The summed E-state index contributed by atoms with van der Waals surface area (Å²) in [6, 6.07) is 12.8. The van der Waals surface area contributed by atoms with Crippen LogP contribution in [-0.4, -0.2) is 0 Å². The largest absolute Gasteiger partial charge is 0.488 e. The maximum atomic E-state index is 12.9. The summed E-state index contributed by atoms with van der Waals surface area (Å²) in [6.07, 6.45) is 5.80. The van der Waals surface area contributed by atoms with Crippen molar-refractivity contribution in [1.82, 2.24) is 0 Å². The standard InChI is InChI=1S/C19H19FO/c1-14-6-11-19(18(12-14)16-4-2-3-5-16)21-13-15-7-9-17(20)10-8-15/h4,6-12H,2-3,5,13H2,1H3. The number of benzene rings is 2. The van der Waals surface area contributed by atoms with Crippen molar-refractivity contribution < 1.29 is 9.13 Å². The highest BCUT2D eigenvalue weighted by Gasteiger charge is 2.13. The fourth-order valence-electron chi connectivity index (χ4n) is 2.68. The fraction of sp³-hybridized carbons (Fsp3) is 0.263. The van der Waals surface area contributed by atoms with Gasteiger partial charge in [0.05, 0.1) is 0 Å². The highest BCUT2D eigenvalue weighted by atomic mass is 19.1. The van der Waals surface area contributed by atoms with Gasteiger partial charge in [0, 0.05) is 5.56 Å². The Labute approximate surface area is 125 Å². The van der Waals surface area contributed by atoms with E-state index < -0.39 is 0 Å². The van der Waals surface area contributed by atoms with Crippen LogP contribution in [0, 0.1) is 12.7 Å². The SMILES string of the molecule is Cc1ccc(OCc2ccc(F)cc2)c(C2=CCCC2)c1. The summed E-state index contributed by atoms with van der Waals surface area (Å²) in [6.45, 7) is 2.56. The Bertz CT molecular complexity index is 656. The summed E-state index contributed by atoms with van der Waals surface area (Å²) in [5.74, 6) is 0.698. The van der Waals surface area contributed by atoms with E-state index in [0.717, 1.165) is 24.2 Å². The summed E-state index contributed by atoms with van der Waals surface area (Å²) in [4.78, 5) is 0. The summed E-state index contributed by atoms with van der Waals surface area (Å²) in [7, 11) is 0. The van der Waals surface area contributed by atoms with Crippen LogP contribution in [0.3, 0.4) is 0 Å². The van der Waals surface area contributed by atoms with E-state index in [-0.39, 0.29) is 5.82 Å². The molecule has 0 saturated carbocycles. The molecule has 0 bridgehead atoms. The van der Waals surface area contributed by atoms with Gasteiger partial charge in [0.2, 0.25) is 0 Å². The summed E-state index contributed by atoms with van der Waals surface area (Å²) < 4.78 is 18.9. The first-order chi connectivity index (χ1) is 10.2. The quantitative estimate of drug-likeness (QED) is 0.741. The van der Waals surface area contributed by atoms with Crippen molar-refractivity contribution in [2.45, 2.75) is 32.8 Å². The lowest BCUT2D eigenvalue weighted by Gasteiger charge is -2.13. The van der Waals surface area contributed by atoms with Gasteiger partial charge in [0.15, 0.2) is 0 Å². The molecule has 2 aromatic carbocycles. The van der Waals surface area contributed by atoms with Crippen LogP contribution < -0.4 is 4.74 Å². The lowest BCUT2D eigenvalue weighted by Crippen LogP contribution is -1.99. The van der Waals surface area contributed by atoms with Gasteiger partial charge in [-0.15, -0.1) is 0 Å². The molecule has 0 unspecified atom stereocenters. The Balaban J connectivity index is 1.80. The average molecular weight is 282 g/mol. The van der Waals surface area contributed by atoms with Gasteiger partial charge in [0.1, 0.15) is 18.2 Å². The molecule has 0 spiro atoms. The first-order valence-corrected chi connectivity index (χ1v) is 7.40. The topological polar surface area (TPSA) is 9.23 Å². The molecule has 1 aliphatic rings. The zero-order valence-corrected chi connectivity index (χ0v) is 12.2. The van der Waals surface area contributed by atoms with Crippen LogP contribution in [0.1, 0.15) is 36.0 Å². The molecule has 1 nitrogen and oxygen atoms in total. The van der Waals surface area contributed by atoms with Crippen molar-refractivity contribution in [3.63, 3.8) is 0 Å². The number of ether oxygens (including phenoxy) is 1. The molecular formula is C19H19FO. The van der Waals surface area contributed by atoms with Crippen LogP contribution in [0.2, 0.25) is 0 Å². The molecule has 3 rings (SSSR count). The van der Waals surface area contributed by atoms with Crippen molar-refractivity contribution in [1.29, 1.82) is 0 Å². The van der Waals surface area contributed by atoms with E-state index >= 15 is 0 Å². The van der Waals surface area contributed by atoms with Gasteiger partial charge in [-0.3, -0.25) is 0 Å². The Hall–Kier alpha value is -2.09. The highest BCUT2D eigenvalue weighted by molar-refractivity contribution is 5.72. The second kappa shape index (κ2) is 6.13. The first-order valence-electron chi connectivity index (χ1n) is 7.40. The second-order valence-electron chi connectivity index (χ2n) is 5.54. The molecule has 21 heavy (non-hydrogen) atoms. The number of hydrogen-bond acceptors (Lipinski definition) is 1. The van der Waals surface area contributed by atoms with Crippen LogP contribution in [-0.2, 0) is 6.61 Å². The fourth-order valence-corrected chi connectivity index (χ4v) is 2.68. The van der Waals surface area contributed by atoms with Crippen LogP contribution in [0.15, 0.2) is 48.5 Å². The number of halogens is 1. The minimum Gasteiger partial charge on any atom is -0.488 e. The van der Waals surface area contributed by atoms with Crippen molar-refractivity contribution in [3.8, 4) is 5.75 Å². The van der Waals surface area contributed by atoms with E-state index in [0.29, 0.717) is 6.61 Å². The van der Waals surface area contributed by atoms with Crippen LogP contribution in [0.5, 0.6) is 5.75 Å². The van der Waals surface area contributed by atoms with Crippen molar-refractivity contribution in [3.05, 3.63) is 71.0 Å². The molecule has 0 atom stereocenters. The van der Waals surface area contributed by atoms with Gasteiger partial charge in [-0.2, -0.15) is 0 Å². The van der Waals surface area contributed by atoms with Gasteiger partial charge in [-0.25, -0.2) is 4.39 Å². The maximum Gasteiger partial charge on any atom is 0.127 e. The van der Waals surface area contributed by atoms with Gasteiger partial charge in [-0.05, 0) is 61.6 Å². The highest BCUT2D eigenvalue weighted by Crippen LogP contribution is 2.34. The molecule has 0 aromatic heterocycles.